The van der Waals surface area contributed by atoms with E-state index >= 15 is 0 Å². The highest BCUT2D eigenvalue weighted by molar-refractivity contribution is 7.89. The first-order valence-corrected chi connectivity index (χ1v) is 9.43. The molecular weight excluding hydrogens is 344 g/mol. The lowest BCUT2D eigenvalue weighted by Gasteiger charge is -2.30. The van der Waals surface area contributed by atoms with E-state index in [0.29, 0.717) is 31.0 Å². The van der Waals surface area contributed by atoms with Gasteiger partial charge in [-0.3, -0.25) is 4.79 Å². The number of nitrogens with one attached hydrogen (secondary N) is 1. The number of amides is 1. The Morgan fingerprint density at radius 2 is 2.04 bits per heavy atom. The Morgan fingerprint density at radius 3 is 2.68 bits per heavy atom. The average Bonchev–Trinajstić information content (AvgIpc) is 3.13. The van der Waals surface area contributed by atoms with E-state index in [1.165, 1.54) is 34.8 Å². The van der Waals surface area contributed by atoms with Crippen molar-refractivity contribution >= 4 is 15.9 Å². The van der Waals surface area contributed by atoms with Gasteiger partial charge in [-0.15, -0.1) is 0 Å². The van der Waals surface area contributed by atoms with Gasteiger partial charge >= 0.3 is 0 Å². The highest BCUT2D eigenvalue weighted by atomic mass is 32.2. The summed E-state index contributed by atoms with van der Waals surface area (Å²) in [5, 5.41) is 2.72. The van der Waals surface area contributed by atoms with Crippen LogP contribution in [0.4, 0.5) is 0 Å². The van der Waals surface area contributed by atoms with Gasteiger partial charge in [0, 0.05) is 18.7 Å². The van der Waals surface area contributed by atoms with Gasteiger partial charge in [-0.2, -0.15) is 4.31 Å². The minimum absolute atomic E-state index is 0.129. The normalized spacial score (nSPS) is 18.8. The van der Waals surface area contributed by atoms with Crippen molar-refractivity contribution in [3.8, 4) is 0 Å². The molecule has 0 aliphatic carbocycles. The fourth-order valence-corrected chi connectivity index (χ4v) is 4.11. The van der Waals surface area contributed by atoms with Crippen molar-refractivity contribution in [2.45, 2.75) is 24.5 Å². The lowest BCUT2D eigenvalue weighted by Crippen LogP contribution is -2.44. The number of hydrogen-bond donors (Lipinski definition) is 1. The molecule has 134 valence electrons. The SMILES string of the molecule is CC1CN(S(=O)(=O)c2ccc(C(=O)NCc3ccco3)cc2)CCO1. The Bertz CT molecular complexity index is 815. The summed E-state index contributed by atoms with van der Waals surface area (Å²) < 4.78 is 37.2. The van der Waals surface area contributed by atoms with Gasteiger partial charge in [-0.05, 0) is 43.3 Å². The molecule has 1 aromatic carbocycles. The smallest absolute Gasteiger partial charge is 0.251 e. The summed E-state index contributed by atoms with van der Waals surface area (Å²) in [6.07, 6.45) is 1.41. The van der Waals surface area contributed by atoms with Crippen LogP contribution in [0, 0.1) is 0 Å². The number of furan rings is 1. The Morgan fingerprint density at radius 1 is 1.28 bits per heavy atom. The molecule has 1 unspecified atom stereocenters. The number of sulfonamides is 1. The number of ether oxygens (including phenoxy) is 1. The molecule has 1 atom stereocenters. The molecule has 1 amide bonds. The monoisotopic (exact) mass is 364 g/mol. The molecule has 25 heavy (non-hydrogen) atoms. The third-order valence-electron chi connectivity index (χ3n) is 3.96. The van der Waals surface area contributed by atoms with E-state index in [0.717, 1.165) is 0 Å². The molecule has 1 aliphatic rings. The molecule has 1 saturated heterocycles. The van der Waals surface area contributed by atoms with Gasteiger partial charge < -0.3 is 14.5 Å². The maximum absolute atomic E-state index is 12.7. The fourth-order valence-electron chi connectivity index (χ4n) is 2.61. The lowest BCUT2D eigenvalue weighted by molar-refractivity contribution is 0.0102. The van der Waals surface area contributed by atoms with Crippen molar-refractivity contribution in [3.63, 3.8) is 0 Å². The molecular formula is C17H20N2O5S. The van der Waals surface area contributed by atoms with Crippen LogP contribution in [-0.2, 0) is 21.3 Å². The van der Waals surface area contributed by atoms with E-state index in [-0.39, 0.29) is 23.5 Å². The minimum atomic E-state index is -3.58. The van der Waals surface area contributed by atoms with Crippen LogP contribution in [0.2, 0.25) is 0 Å². The van der Waals surface area contributed by atoms with Crippen molar-refractivity contribution in [2.75, 3.05) is 19.7 Å². The summed E-state index contributed by atoms with van der Waals surface area (Å²) in [5.74, 6) is 0.356. The van der Waals surface area contributed by atoms with E-state index in [9.17, 15) is 13.2 Å². The molecule has 0 saturated carbocycles. The second-order valence-electron chi connectivity index (χ2n) is 5.83. The molecule has 0 bridgehead atoms. The highest BCUT2D eigenvalue weighted by Crippen LogP contribution is 2.19. The number of hydrogen-bond acceptors (Lipinski definition) is 5. The summed E-state index contributed by atoms with van der Waals surface area (Å²) in [7, 11) is -3.58. The van der Waals surface area contributed by atoms with Gasteiger partial charge in [0.05, 0.1) is 30.4 Å². The van der Waals surface area contributed by atoms with Gasteiger partial charge in [0.1, 0.15) is 5.76 Å². The second-order valence-corrected chi connectivity index (χ2v) is 7.77. The summed E-state index contributed by atoms with van der Waals surface area (Å²) in [5.41, 5.74) is 0.390. The maximum atomic E-state index is 12.7. The predicted octanol–water partition coefficient (Wildman–Crippen LogP) is 1.62. The van der Waals surface area contributed by atoms with Gasteiger partial charge in [-0.1, -0.05) is 0 Å². The van der Waals surface area contributed by atoms with Crippen LogP contribution in [-0.4, -0.2) is 44.4 Å². The van der Waals surface area contributed by atoms with Crippen molar-refractivity contribution in [3.05, 3.63) is 54.0 Å². The number of morpholine rings is 1. The summed E-state index contributed by atoms with van der Waals surface area (Å²) in [6, 6.07) is 9.43. The first-order valence-electron chi connectivity index (χ1n) is 7.99. The second kappa shape index (κ2) is 7.38. The molecule has 7 nitrogen and oxygen atoms in total. The van der Waals surface area contributed by atoms with Crippen LogP contribution in [0.3, 0.4) is 0 Å². The van der Waals surface area contributed by atoms with Gasteiger partial charge in [0.25, 0.3) is 5.91 Å². The summed E-state index contributed by atoms with van der Waals surface area (Å²) in [6.45, 7) is 3.16. The number of benzene rings is 1. The van der Waals surface area contributed by atoms with Gasteiger partial charge in [0.2, 0.25) is 10.0 Å². The van der Waals surface area contributed by atoms with E-state index in [1.54, 1.807) is 12.1 Å². The molecule has 0 spiro atoms. The highest BCUT2D eigenvalue weighted by Gasteiger charge is 2.29. The van der Waals surface area contributed by atoms with E-state index in [4.69, 9.17) is 9.15 Å². The van der Waals surface area contributed by atoms with Crippen LogP contribution < -0.4 is 5.32 Å². The molecule has 1 aliphatic heterocycles. The lowest BCUT2D eigenvalue weighted by atomic mass is 10.2. The number of rotatable bonds is 5. The fraction of sp³-hybridized carbons (Fsp3) is 0.353. The van der Waals surface area contributed by atoms with Crippen molar-refractivity contribution in [2.24, 2.45) is 0 Å². The molecule has 1 N–H and O–H groups in total. The third kappa shape index (κ3) is 4.09. The number of carbonyl (C=O) groups excluding carboxylic acids is 1. The van der Waals surface area contributed by atoms with Gasteiger partial charge in [0.15, 0.2) is 0 Å². The number of carbonyl (C=O) groups is 1. The van der Waals surface area contributed by atoms with E-state index in [2.05, 4.69) is 5.32 Å². The third-order valence-corrected chi connectivity index (χ3v) is 5.84. The quantitative estimate of drug-likeness (QED) is 0.871. The van der Waals surface area contributed by atoms with Crippen LogP contribution >= 0.6 is 0 Å². The zero-order valence-corrected chi connectivity index (χ0v) is 14.7. The van der Waals surface area contributed by atoms with Crippen LogP contribution in [0.5, 0.6) is 0 Å². The first-order chi connectivity index (χ1) is 12.0. The van der Waals surface area contributed by atoms with Gasteiger partial charge in [-0.25, -0.2) is 8.42 Å². The minimum Gasteiger partial charge on any atom is -0.467 e. The van der Waals surface area contributed by atoms with Crippen LogP contribution in [0.25, 0.3) is 0 Å². The van der Waals surface area contributed by atoms with Crippen molar-refractivity contribution < 1.29 is 22.4 Å². The standard InChI is InChI=1S/C17H20N2O5S/c1-13-12-19(8-10-23-13)25(21,22)16-6-4-14(5-7-16)17(20)18-11-15-3-2-9-24-15/h2-7,9,13H,8,10-12H2,1H3,(H,18,20). The number of nitrogens with zero attached hydrogens (tertiary/aromatic N) is 1. The average molecular weight is 364 g/mol. The molecule has 2 heterocycles. The topological polar surface area (TPSA) is 88.9 Å². The van der Waals surface area contributed by atoms with Crippen LogP contribution in [0.1, 0.15) is 23.0 Å². The molecule has 0 radical (unpaired) electrons. The summed E-state index contributed by atoms with van der Waals surface area (Å²) >= 11 is 0. The van der Waals surface area contributed by atoms with Crippen molar-refractivity contribution in [1.82, 2.24) is 9.62 Å². The zero-order chi connectivity index (χ0) is 17.9. The Kier molecular flexibility index (Phi) is 5.22. The summed E-state index contributed by atoms with van der Waals surface area (Å²) in [4.78, 5) is 12.3. The Balaban J connectivity index is 1.67. The van der Waals surface area contributed by atoms with Crippen molar-refractivity contribution in [1.29, 1.82) is 0 Å². The predicted molar refractivity (Wildman–Crippen MR) is 90.5 cm³/mol. The maximum Gasteiger partial charge on any atom is 0.251 e. The Hall–Kier alpha value is -2.16. The largest absolute Gasteiger partial charge is 0.467 e. The van der Waals surface area contributed by atoms with Crippen LogP contribution in [0.15, 0.2) is 52.0 Å². The molecule has 1 aromatic heterocycles. The molecule has 8 heteroatoms. The molecule has 1 fully saturated rings. The molecule has 3 rings (SSSR count). The Labute approximate surface area is 146 Å². The van der Waals surface area contributed by atoms with E-state index < -0.39 is 10.0 Å². The first kappa shape index (κ1) is 17.7. The molecule has 2 aromatic rings. The zero-order valence-electron chi connectivity index (χ0n) is 13.8. The van der Waals surface area contributed by atoms with E-state index in [1.807, 2.05) is 6.92 Å².